The van der Waals surface area contributed by atoms with Crippen LogP contribution in [0.2, 0.25) is 5.02 Å². The molecular formula is C26H29ClN4O4. The molecule has 35 heavy (non-hydrogen) atoms. The molecule has 3 aromatic rings. The van der Waals surface area contributed by atoms with E-state index in [1.165, 1.54) is 0 Å². The summed E-state index contributed by atoms with van der Waals surface area (Å²) in [6.07, 6.45) is 8.93. The van der Waals surface area contributed by atoms with E-state index in [4.69, 9.17) is 21.4 Å². The van der Waals surface area contributed by atoms with Crippen LogP contribution in [0.15, 0.2) is 67.3 Å². The molecule has 0 fully saturated rings. The monoisotopic (exact) mass is 496 g/mol. The number of rotatable bonds is 14. The second-order valence-electron chi connectivity index (χ2n) is 7.97. The number of ether oxygens (including phenoxy) is 1. The number of nitrogens with zero attached hydrogens (tertiary/aromatic N) is 3. The van der Waals surface area contributed by atoms with Crippen LogP contribution in [-0.4, -0.2) is 51.5 Å². The first kappa shape index (κ1) is 26.0. The number of halogens is 1. The van der Waals surface area contributed by atoms with Gasteiger partial charge in [-0.1, -0.05) is 18.0 Å². The van der Waals surface area contributed by atoms with E-state index in [-0.39, 0.29) is 12.3 Å². The number of nitrogens with one attached hydrogen (secondary N) is 1. The van der Waals surface area contributed by atoms with Crippen LogP contribution < -0.4 is 10.1 Å². The molecule has 0 spiro atoms. The summed E-state index contributed by atoms with van der Waals surface area (Å²) in [6, 6.07) is 12.5. The Hall–Kier alpha value is -3.65. The normalized spacial score (nSPS) is 10.5. The van der Waals surface area contributed by atoms with Crippen LogP contribution in [0.5, 0.6) is 5.75 Å². The average Bonchev–Trinajstić information content (AvgIpc) is 2.86. The quantitative estimate of drug-likeness (QED) is 0.305. The summed E-state index contributed by atoms with van der Waals surface area (Å²) >= 11 is 6.31. The number of carbonyl (C=O) groups is 2. The van der Waals surface area contributed by atoms with Crippen molar-refractivity contribution >= 4 is 29.2 Å². The number of anilines is 1. The summed E-state index contributed by atoms with van der Waals surface area (Å²) in [6.45, 7) is 1.88. The van der Waals surface area contributed by atoms with Crippen molar-refractivity contribution in [2.24, 2.45) is 0 Å². The number of carboxylic acids is 1. The van der Waals surface area contributed by atoms with Gasteiger partial charge in [-0.2, -0.15) is 0 Å². The Bertz CT molecular complexity index is 1080. The molecule has 0 saturated carbocycles. The van der Waals surface area contributed by atoms with Crippen LogP contribution in [-0.2, 0) is 11.3 Å². The van der Waals surface area contributed by atoms with Gasteiger partial charge in [0.15, 0.2) is 0 Å². The number of hydrogen-bond donors (Lipinski definition) is 2. The fraction of sp³-hybridized carbons (Fsp3) is 0.308. The maximum absolute atomic E-state index is 13.4. The molecule has 0 aliphatic heterocycles. The minimum atomic E-state index is -0.808. The summed E-state index contributed by atoms with van der Waals surface area (Å²) in [5, 5.41) is 12.5. The molecule has 0 radical (unpaired) electrons. The SMILES string of the molecule is O=C(O)CCCCCN(Cc1ccncc1)C(=O)c1cc(Cl)cc(OCCNc2ccncc2)c1. The average molecular weight is 497 g/mol. The predicted molar refractivity (Wildman–Crippen MR) is 135 cm³/mol. The Labute approximate surface area is 209 Å². The van der Waals surface area contributed by atoms with Crippen molar-refractivity contribution in [3.8, 4) is 5.75 Å². The highest BCUT2D eigenvalue weighted by Gasteiger charge is 2.18. The number of carboxylic acid groups (broad SMARTS) is 1. The smallest absolute Gasteiger partial charge is 0.303 e. The van der Waals surface area contributed by atoms with Crippen molar-refractivity contribution < 1.29 is 19.4 Å². The van der Waals surface area contributed by atoms with Gasteiger partial charge in [0.1, 0.15) is 12.4 Å². The van der Waals surface area contributed by atoms with Gasteiger partial charge in [0.25, 0.3) is 5.91 Å². The number of hydrogen-bond acceptors (Lipinski definition) is 6. The van der Waals surface area contributed by atoms with Crippen LogP contribution in [0.25, 0.3) is 0 Å². The number of unbranched alkanes of at least 4 members (excludes halogenated alkanes) is 2. The molecule has 0 aliphatic rings. The first-order valence-electron chi connectivity index (χ1n) is 11.5. The molecule has 184 valence electrons. The maximum atomic E-state index is 13.4. The highest BCUT2D eigenvalue weighted by molar-refractivity contribution is 6.31. The van der Waals surface area contributed by atoms with Crippen LogP contribution >= 0.6 is 11.6 Å². The highest BCUT2D eigenvalue weighted by Crippen LogP contribution is 2.23. The molecule has 0 atom stereocenters. The zero-order chi connectivity index (χ0) is 24.9. The van der Waals surface area contributed by atoms with Gasteiger partial charge >= 0.3 is 5.97 Å². The van der Waals surface area contributed by atoms with Gasteiger partial charge in [0.05, 0.1) is 0 Å². The van der Waals surface area contributed by atoms with Crippen molar-refractivity contribution in [2.75, 3.05) is 25.0 Å². The lowest BCUT2D eigenvalue weighted by atomic mass is 10.1. The first-order chi connectivity index (χ1) is 17.0. The number of carbonyl (C=O) groups excluding carboxylic acids is 1. The van der Waals surface area contributed by atoms with E-state index in [9.17, 15) is 9.59 Å². The lowest BCUT2D eigenvalue weighted by Gasteiger charge is -2.23. The molecule has 1 amide bonds. The number of pyridine rings is 2. The third-order valence-corrected chi connectivity index (χ3v) is 5.45. The van der Waals surface area contributed by atoms with Crippen molar-refractivity contribution in [1.29, 1.82) is 0 Å². The summed E-state index contributed by atoms with van der Waals surface area (Å²) < 4.78 is 5.84. The molecule has 2 heterocycles. The van der Waals surface area contributed by atoms with E-state index in [0.717, 1.165) is 17.7 Å². The van der Waals surface area contributed by atoms with Crippen LogP contribution in [0.1, 0.15) is 41.6 Å². The standard InChI is InChI=1S/C26H29ClN4O4/c27-22-16-21(17-24(18-22)35-15-13-30-23-7-11-29-12-8-23)26(34)31(14-3-1-2-4-25(32)33)19-20-5-9-28-10-6-20/h5-12,16-18H,1-4,13-15,19H2,(H,29,30)(H,32,33). The maximum Gasteiger partial charge on any atom is 0.303 e. The van der Waals surface area contributed by atoms with Gasteiger partial charge in [-0.05, 0) is 60.9 Å². The van der Waals surface area contributed by atoms with Crippen molar-refractivity contribution in [2.45, 2.75) is 32.2 Å². The predicted octanol–water partition coefficient (Wildman–Crippen LogP) is 4.91. The molecule has 3 rings (SSSR count). The Kier molecular flexibility index (Phi) is 10.3. The van der Waals surface area contributed by atoms with Crippen molar-refractivity contribution in [3.63, 3.8) is 0 Å². The largest absolute Gasteiger partial charge is 0.492 e. The van der Waals surface area contributed by atoms with E-state index in [0.29, 0.717) is 55.4 Å². The molecule has 9 heteroatoms. The number of aromatic nitrogens is 2. The van der Waals surface area contributed by atoms with E-state index in [1.54, 1.807) is 47.9 Å². The Morgan fingerprint density at radius 1 is 0.971 bits per heavy atom. The van der Waals surface area contributed by atoms with Crippen molar-refractivity contribution in [1.82, 2.24) is 14.9 Å². The zero-order valence-corrected chi connectivity index (χ0v) is 20.2. The first-order valence-corrected chi connectivity index (χ1v) is 11.9. The Morgan fingerprint density at radius 3 is 2.40 bits per heavy atom. The second-order valence-corrected chi connectivity index (χ2v) is 8.41. The minimum Gasteiger partial charge on any atom is -0.492 e. The molecule has 0 aliphatic carbocycles. The second kappa shape index (κ2) is 13.9. The lowest BCUT2D eigenvalue weighted by Crippen LogP contribution is -2.31. The number of aliphatic carboxylic acids is 1. The number of amides is 1. The third kappa shape index (κ3) is 9.25. The van der Waals surface area contributed by atoms with Crippen molar-refractivity contribution in [3.05, 3.63) is 83.4 Å². The number of benzene rings is 1. The topological polar surface area (TPSA) is 105 Å². The fourth-order valence-corrected chi connectivity index (χ4v) is 3.73. The van der Waals surface area contributed by atoms with Gasteiger partial charge < -0.3 is 20.1 Å². The van der Waals surface area contributed by atoms with Crippen LogP contribution in [0.4, 0.5) is 5.69 Å². The van der Waals surface area contributed by atoms with E-state index in [1.807, 2.05) is 24.3 Å². The zero-order valence-electron chi connectivity index (χ0n) is 19.4. The third-order valence-electron chi connectivity index (χ3n) is 5.23. The molecular weight excluding hydrogens is 468 g/mol. The molecule has 8 nitrogen and oxygen atoms in total. The van der Waals surface area contributed by atoms with E-state index >= 15 is 0 Å². The molecule has 1 aromatic carbocycles. The van der Waals surface area contributed by atoms with E-state index < -0.39 is 5.97 Å². The van der Waals surface area contributed by atoms with E-state index in [2.05, 4.69) is 15.3 Å². The van der Waals surface area contributed by atoms with Gasteiger partial charge in [0, 0.05) is 67.1 Å². The van der Waals surface area contributed by atoms with Gasteiger partial charge in [-0.15, -0.1) is 0 Å². The molecule has 0 unspecified atom stereocenters. The van der Waals surface area contributed by atoms with Gasteiger partial charge in [-0.25, -0.2) is 0 Å². The van der Waals surface area contributed by atoms with Gasteiger partial charge in [0.2, 0.25) is 0 Å². The van der Waals surface area contributed by atoms with Crippen LogP contribution in [0, 0.1) is 0 Å². The summed E-state index contributed by atoms with van der Waals surface area (Å²) in [7, 11) is 0. The molecule has 0 bridgehead atoms. The Balaban J connectivity index is 1.63. The minimum absolute atomic E-state index is 0.128. The molecule has 0 saturated heterocycles. The summed E-state index contributed by atoms with van der Waals surface area (Å²) in [5.74, 6) is -0.456. The summed E-state index contributed by atoms with van der Waals surface area (Å²) in [4.78, 5) is 33.9. The lowest BCUT2D eigenvalue weighted by molar-refractivity contribution is -0.137. The summed E-state index contributed by atoms with van der Waals surface area (Å²) in [5.41, 5.74) is 2.34. The fourth-order valence-electron chi connectivity index (χ4n) is 3.50. The van der Waals surface area contributed by atoms with Crippen LogP contribution in [0.3, 0.4) is 0 Å². The Morgan fingerprint density at radius 2 is 1.69 bits per heavy atom. The molecule has 2 aromatic heterocycles. The van der Waals surface area contributed by atoms with Gasteiger partial charge in [-0.3, -0.25) is 19.6 Å². The highest BCUT2D eigenvalue weighted by atomic mass is 35.5. The molecule has 2 N–H and O–H groups in total.